The molecule has 0 spiro atoms. The van der Waals surface area contributed by atoms with Gasteiger partial charge in [-0.2, -0.15) is 0 Å². The summed E-state index contributed by atoms with van der Waals surface area (Å²) in [5.74, 6) is 0.0887. The van der Waals surface area contributed by atoms with Gasteiger partial charge in [0.15, 0.2) is 0 Å². The molecule has 0 saturated carbocycles. The molecule has 1 aromatic heterocycles. The number of amides is 1. The lowest BCUT2D eigenvalue weighted by molar-refractivity contribution is -0.121. The number of hydrogen-bond donors (Lipinski definition) is 2. The Hall–Kier alpha value is -0.960. The maximum atomic E-state index is 11.9. The van der Waals surface area contributed by atoms with Crippen LogP contribution < -0.4 is 10.5 Å². The smallest absolute Gasteiger partial charge is 0.247 e. The fraction of sp³-hybridized carbons (Fsp3) is 0.583. The lowest BCUT2D eigenvalue weighted by Gasteiger charge is -2.21. The van der Waals surface area contributed by atoms with Crippen LogP contribution in [0.3, 0.4) is 0 Å². The third-order valence-corrected chi connectivity index (χ3v) is 5.27. The van der Waals surface area contributed by atoms with E-state index < -0.39 is 10.0 Å². The topological polar surface area (TPSA) is 98.5 Å². The van der Waals surface area contributed by atoms with Crippen LogP contribution in [-0.4, -0.2) is 34.1 Å². The third kappa shape index (κ3) is 5.20. The van der Waals surface area contributed by atoms with Gasteiger partial charge in [-0.3, -0.25) is 4.79 Å². The van der Waals surface area contributed by atoms with Crippen molar-refractivity contribution in [1.82, 2.24) is 5.32 Å². The number of rotatable bonds is 7. The summed E-state index contributed by atoms with van der Waals surface area (Å²) in [6.07, 6.45) is 0.132. The van der Waals surface area contributed by atoms with Crippen LogP contribution in [0.1, 0.15) is 18.7 Å². The zero-order valence-electron chi connectivity index (χ0n) is 11.8. The van der Waals surface area contributed by atoms with Gasteiger partial charge >= 0.3 is 0 Å². The Morgan fingerprint density at radius 3 is 2.55 bits per heavy atom. The fourth-order valence-electron chi connectivity index (χ4n) is 1.60. The van der Waals surface area contributed by atoms with Crippen molar-refractivity contribution in [2.45, 2.75) is 30.5 Å². The molecule has 1 aromatic rings. The molecule has 1 atom stereocenters. The number of nitrogens with one attached hydrogen (secondary N) is 1. The van der Waals surface area contributed by atoms with Gasteiger partial charge in [0.1, 0.15) is 4.21 Å². The Balaban J connectivity index is 2.64. The van der Waals surface area contributed by atoms with E-state index in [1.807, 2.05) is 13.8 Å². The highest BCUT2D eigenvalue weighted by molar-refractivity contribution is 7.91. The molecule has 1 unspecified atom stereocenters. The summed E-state index contributed by atoms with van der Waals surface area (Å²) in [6.45, 7) is 4.43. The zero-order chi connectivity index (χ0) is 15.3. The quantitative estimate of drug-likeness (QED) is 0.773. The number of ether oxygens (including phenoxy) is 1. The first kappa shape index (κ1) is 17.1. The lowest BCUT2D eigenvalue weighted by Crippen LogP contribution is -2.42. The number of sulfonamides is 1. The van der Waals surface area contributed by atoms with Gasteiger partial charge < -0.3 is 10.1 Å². The molecule has 20 heavy (non-hydrogen) atoms. The molecule has 1 amide bonds. The molecule has 1 heterocycles. The van der Waals surface area contributed by atoms with Crippen molar-refractivity contribution in [2.24, 2.45) is 11.1 Å². The first-order valence-electron chi connectivity index (χ1n) is 6.14. The number of methoxy groups -OCH3 is 1. The van der Waals surface area contributed by atoms with Crippen molar-refractivity contribution >= 4 is 27.3 Å². The standard InChI is InChI=1S/C12H20N2O4S2/c1-8(2)10(7-18-3)14-11(15)6-9-4-5-12(19-9)20(13,16)17/h4-5,8,10H,6-7H2,1-3H3,(H,14,15)(H2,13,16,17). The average Bonchev–Trinajstić information content (AvgIpc) is 2.76. The van der Waals surface area contributed by atoms with E-state index in [2.05, 4.69) is 5.32 Å². The number of carbonyl (C=O) groups excluding carboxylic acids is 1. The van der Waals surface area contributed by atoms with Crippen LogP contribution in [0.2, 0.25) is 0 Å². The van der Waals surface area contributed by atoms with E-state index in [9.17, 15) is 13.2 Å². The Morgan fingerprint density at radius 1 is 1.45 bits per heavy atom. The SMILES string of the molecule is COCC(NC(=O)Cc1ccc(S(N)(=O)=O)s1)C(C)C. The normalized spacial score (nSPS) is 13.4. The van der Waals surface area contributed by atoms with Gasteiger partial charge in [-0.15, -0.1) is 11.3 Å². The van der Waals surface area contributed by atoms with Gasteiger partial charge in [-0.25, -0.2) is 13.6 Å². The van der Waals surface area contributed by atoms with Crippen LogP contribution in [0, 0.1) is 5.92 Å². The fourth-order valence-corrected chi connectivity index (χ4v) is 3.38. The molecule has 0 bridgehead atoms. The Labute approximate surface area is 123 Å². The minimum atomic E-state index is -3.70. The maximum Gasteiger partial charge on any atom is 0.247 e. The van der Waals surface area contributed by atoms with Crippen molar-refractivity contribution in [2.75, 3.05) is 13.7 Å². The van der Waals surface area contributed by atoms with E-state index in [0.29, 0.717) is 11.5 Å². The maximum absolute atomic E-state index is 11.9. The third-order valence-electron chi connectivity index (χ3n) is 2.75. The van der Waals surface area contributed by atoms with Crippen LogP contribution in [-0.2, 0) is 26.0 Å². The van der Waals surface area contributed by atoms with Crippen LogP contribution >= 0.6 is 11.3 Å². The number of nitrogens with two attached hydrogens (primary N) is 1. The summed E-state index contributed by atoms with van der Waals surface area (Å²) in [5, 5.41) is 7.90. The molecule has 1 rings (SSSR count). The summed E-state index contributed by atoms with van der Waals surface area (Å²) < 4.78 is 27.4. The van der Waals surface area contributed by atoms with Crippen LogP contribution in [0.4, 0.5) is 0 Å². The van der Waals surface area contributed by atoms with Crippen LogP contribution in [0.15, 0.2) is 16.3 Å². The van der Waals surface area contributed by atoms with Crippen molar-refractivity contribution in [1.29, 1.82) is 0 Å². The predicted octanol–water partition coefficient (Wildman–Crippen LogP) is 0.725. The molecule has 114 valence electrons. The van der Waals surface area contributed by atoms with Gasteiger partial charge in [0.25, 0.3) is 0 Å². The van der Waals surface area contributed by atoms with Gasteiger partial charge in [0.2, 0.25) is 15.9 Å². The number of hydrogen-bond acceptors (Lipinski definition) is 5. The highest BCUT2D eigenvalue weighted by Crippen LogP contribution is 2.20. The molecule has 0 aromatic carbocycles. The van der Waals surface area contributed by atoms with E-state index in [4.69, 9.17) is 9.88 Å². The predicted molar refractivity (Wildman–Crippen MR) is 78.0 cm³/mol. The summed E-state index contributed by atoms with van der Waals surface area (Å²) in [6, 6.07) is 2.95. The molecular weight excluding hydrogens is 300 g/mol. The summed E-state index contributed by atoms with van der Waals surface area (Å²) in [5.41, 5.74) is 0. The van der Waals surface area contributed by atoms with Gasteiger partial charge in [0.05, 0.1) is 19.1 Å². The van der Waals surface area contributed by atoms with Gasteiger partial charge in [0, 0.05) is 12.0 Å². The second-order valence-electron chi connectivity index (χ2n) is 4.82. The van der Waals surface area contributed by atoms with E-state index >= 15 is 0 Å². The minimum Gasteiger partial charge on any atom is -0.383 e. The largest absolute Gasteiger partial charge is 0.383 e. The second-order valence-corrected chi connectivity index (χ2v) is 7.77. The van der Waals surface area contributed by atoms with Gasteiger partial charge in [-0.05, 0) is 18.1 Å². The molecule has 0 saturated heterocycles. The zero-order valence-corrected chi connectivity index (χ0v) is 13.4. The Morgan fingerprint density at radius 2 is 2.10 bits per heavy atom. The lowest BCUT2D eigenvalue weighted by atomic mass is 10.1. The first-order valence-corrected chi connectivity index (χ1v) is 8.50. The molecule has 3 N–H and O–H groups in total. The summed E-state index contributed by atoms with van der Waals surface area (Å²) >= 11 is 1.01. The first-order chi connectivity index (χ1) is 9.24. The van der Waals surface area contributed by atoms with Crippen molar-refractivity contribution in [3.63, 3.8) is 0 Å². The molecule has 0 aliphatic rings. The molecule has 6 nitrogen and oxygen atoms in total. The van der Waals surface area contributed by atoms with Crippen LogP contribution in [0.5, 0.6) is 0 Å². The average molecular weight is 320 g/mol. The van der Waals surface area contributed by atoms with E-state index in [-0.39, 0.29) is 28.5 Å². The van der Waals surface area contributed by atoms with E-state index in [0.717, 1.165) is 11.3 Å². The summed E-state index contributed by atoms with van der Waals surface area (Å²) in [4.78, 5) is 12.6. The molecule has 0 aliphatic carbocycles. The molecule has 8 heteroatoms. The summed E-state index contributed by atoms with van der Waals surface area (Å²) in [7, 11) is -2.11. The number of primary sulfonamides is 1. The number of carbonyl (C=O) groups is 1. The van der Waals surface area contributed by atoms with Crippen molar-refractivity contribution in [3.8, 4) is 0 Å². The van der Waals surface area contributed by atoms with Gasteiger partial charge in [-0.1, -0.05) is 13.8 Å². The molecule has 0 aliphatic heterocycles. The second kappa shape index (κ2) is 7.16. The number of thiophene rings is 1. The Bertz CT molecular complexity index is 552. The molecular formula is C12H20N2O4S2. The molecule has 0 radical (unpaired) electrons. The van der Waals surface area contributed by atoms with Crippen LogP contribution in [0.25, 0.3) is 0 Å². The highest BCUT2D eigenvalue weighted by Gasteiger charge is 2.18. The minimum absolute atomic E-state index is 0.0647. The van der Waals surface area contributed by atoms with E-state index in [1.165, 1.54) is 6.07 Å². The van der Waals surface area contributed by atoms with E-state index in [1.54, 1.807) is 13.2 Å². The monoisotopic (exact) mass is 320 g/mol. The molecule has 0 fully saturated rings. The van der Waals surface area contributed by atoms with Crippen molar-refractivity contribution < 1.29 is 17.9 Å². The highest BCUT2D eigenvalue weighted by atomic mass is 32.2. The van der Waals surface area contributed by atoms with Crippen molar-refractivity contribution in [3.05, 3.63) is 17.0 Å². The Kier molecular flexibility index (Phi) is 6.12.